The van der Waals surface area contributed by atoms with Gasteiger partial charge in [-0.2, -0.15) is 0 Å². The number of hydrogen-bond acceptors (Lipinski definition) is 3. The van der Waals surface area contributed by atoms with Gasteiger partial charge in [0.2, 0.25) is 0 Å². The predicted octanol–water partition coefficient (Wildman–Crippen LogP) is 0.870. The molecule has 0 radical (unpaired) electrons. The lowest BCUT2D eigenvalue weighted by Crippen LogP contribution is -2.41. The van der Waals surface area contributed by atoms with Gasteiger partial charge in [-0.05, 0) is 12.5 Å². The molecule has 0 aromatic rings. The van der Waals surface area contributed by atoms with E-state index in [1.54, 1.807) is 5.54 Å². The molecular weight excluding hydrogens is 190 g/mol. The van der Waals surface area contributed by atoms with Crippen LogP contribution < -0.4 is 5.32 Å². The van der Waals surface area contributed by atoms with E-state index in [9.17, 15) is 5.11 Å². The van der Waals surface area contributed by atoms with Crippen LogP contribution in [0.3, 0.4) is 0 Å². The van der Waals surface area contributed by atoms with Crippen LogP contribution in [0.1, 0.15) is 13.3 Å². The molecule has 1 saturated heterocycles. The summed E-state index contributed by atoms with van der Waals surface area (Å²) in [6.45, 7) is 4.31. The van der Waals surface area contributed by atoms with E-state index in [1.807, 2.05) is 6.92 Å². The van der Waals surface area contributed by atoms with Gasteiger partial charge >= 0.3 is 0 Å². The van der Waals surface area contributed by atoms with Gasteiger partial charge in [0.15, 0.2) is 0 Å². The van der Waals surface area contributed by atoms with Gasteiger partial charge in [-0.15, -0.1) is 0 Å². The second-order valence-corrected chi connectivity index (χ2v) is 3.80. The van der Waals surface area contributed by atoms with Crippen molar-refractivity contribution in [2.45, 2.75) is 18.9 Å². The third-order valence-electron chi connectivity index (χ3n) is 2.13. The summed E-state index contributed by atoms with van der Waals surface area (Å²) < 4.78 is 5.11. The number of halogens is 1. The van der Waals surface area contributed by atoms with Crippen LogP contribution in [-0.2, 0) is 4.74 Å². The van der Waals surface area contributed by atoms with E-state index in [0.717, 1.165) is 5.57 Å². The fraction of sp³-hybridized carbons (Fsp3) is 0.778. The largest absolute Gasteiger partial charge is 0.386 e. The minimum Gasteiger partial charge on any atom is -0.386 e. The lowest BCUT2D eigenvalue weighted by molar-refractivity contribution is 0.0278. The fourth-order valence-corrected chi connectivity index (χ4v) is 1.34. The van der Waals surface area contributed by atoms with Crippen LogP contribution in [-0.4, -0.2) is 37.0 Å². The molecule has 13 heavy (non-hydrogen) atoms. The first-order valence-corrected chi connectivity index (χ1v) is 4.87. The van der Waals surface area contributed by atoms with Gasteiger partial charge in [-0.25, -0.2) is 0 Å². The molecule has 1 aliphatic heterocycles. The Morgan fingerprint density at radius 3 is 3.08 bits per heavy atom. The van der Waals surface area contributed by atoms with E-state index in [2.05, 4.69) is 5.32 Å². The summed E-state index contributed by atoms with van der Waals surface area (Å²) in [6, 6.07) is 0. The minimum atomic E-state index is -0.674. The maximum Gasteiger partial charge on any atom is 0.102 e. The number of rotatable bonds is 4. The van der Waals surface area contributed by atoms with Gasteiger partial charge < -0.3 is 15.2 Å². The van der Waals surface area contributed by atoms with Crippen LogP contribution in [0.2, 0.25) is 0 Å². The zero-order valence-corrected chi connectivity index (χ0v) is 8.60. The van der Waals surface area contributed by atoms with Gasteiger partial charge in [0, 0.05) is 31.7 Å². The maximum atomic E-state index is 9.84. The second kappa shape index (κ2) is 4.96. The van der Waals surface area contributed by atoms with E-state index in [4.69, 9.17) is 16.3 Å². The standard InChI is InChI=1S/C9H16ClNO2/c1-8(4-10)5-11-6-9(12)2-3-13-7-9/h4,11-12H,2-3,5-7H2,1H3. The molecule has 0 amide bonds. The highest BCUT2D eigenvalue weighted by atomic mass is 35.5. The van der Waals surface area contributed by atoms with Crippen molar-refractivity contribution in [3.63, 3.8) is 0 Å². The van der Waals surface area contributed by atoms with Crippen LogP contribution in [0.15, 0.2) is 11.1 Å². The minimum absolute atomic E-state index is 0.434. The molecule has 0 saturated carbocycles. The van der Waals surface area contributed by atoms with E-state index >= 15 is 0 Å². The third-order valence-corrected chi connectivity index (χ3v) is 2.50. The summed E-state index contributed by atoms with van der Waals surface area (Å²) in [4.78, 5) is 0. The summed E-state index contributed by atoms with van der Waals surface area (Å²) >= 11 is 5.49. The number of ether oxygens (including phenoxy) is 1. The summed E-state index contributed by atoms with van der Waals surface area (Å²) in [7, 11) is 0. The quantitative estimate of drug-likeness (QED) is 0.716. The Hall–Kier alpha value is -0.0900. The lowest BCUT2D eigenvalue weighted by Gasteiger charge is -2.20. The topological polar surface area (TPSA) is 41.5 Å². The average Bonchev–Trinajstić information content (AvgIpc) is 2.52. The van der Waals surface area contributed by atoms with Crippen molar-refractivity contribution in [3.8, 4) is 0 Å². The highest BCUT2D eigenvalue weighted by molar-refractivity contribution is 6.25. The molecule has 0 aromatic heterocycles. The molecule has 3 nitrogen and oxygen atoms in total. The first kappa shape index (κ1) is 11.0. The van der Waals surface area contributed by atoms with Gasteiger partial charge in [0.25, 0.3) is 0 Å². The van der Waals surface area contributed by atoms with Crippen molar-refractivity contribution in [3.05, 3.63) is 11.1 Å². The number of nitrogens with one attached hydrogen (secondary N) is 1. The van der Waals surface area contributed by atoms with Crippen molar-refractivity contribution < 1.29 is 9.84 Å². The smallest absolute Gasteiger partial charge is 0.102 e. The van der Waals surface area contributed by atoms with Gasteiger partial charge in [0.1, 0.15) is 5.60 Å². The monoisotopic (exact) mass is 205 g/mol. The highest BCUT2D eigenvalue weighted by Crippen LogP contribution is 2.16. The molecular formula is C9H16ClNO2. The Bertz CT molecular complexity index is 188. The fourth-order valence-electron chi connectivity index (χ4n) is 1.27. The van der Waals surface area contributed by atoms with Crippen LogP contribution >= 0.6 is 11.6 Å². The molecule has 1 fully saturated rings. The van der Waals surface area contributed by atoms with Crippen molar-refractivity contribution >= 4 is 11.6 Å². The average molecular weight is 206 g/mol. The summed E-state index contributed by atoms with van der Waals surface area (Å²) in [5.41, 5.74) is 1.93. The molecule has 0 aromatic carbocycles. The Kier molecular flexibility index (Phi) is 4.19. The van der Waals surface area contributed by atoms with Crippen LogP contribution in [0.5, 0.6) is 0 Å². The molecule has 1 heterocycles. The first-order valence-electron chi connectivity index (χ1n) is 4.43. The molecule has 4 heteroatoms. The van der Waals surface area contributed by atoms with Crippen LogP contribution in [0.25, 0.3) is 0 Å². The SMILES string of the molecule is CC(=CCl)CNCC1(O)CCOC1. The van der Waals surface area contributed by atoms with Gasteiger partial charge in [0.05, 0.1) is 6.61 Å². The van der Waals surface area contributed by atoms with Crippen molar-refractivity contribution in [2.75, 3.05) is 26.3 Å². The third kappa shape index (κ3) is 3.65. The zero-order chi connectivity index (χ0) is 9.73. The second-order valence-electron chi connectivity index (χ2n) is 3.59. The molecule has 1 atom stereocenters. The van der Waals surface area contributed by atoms with E-state index < -0.39 is 5.60 Å². The van der Waals surface area contributed by atoms with E-state index in [1.165, 1.54) is 0 Å². The Morgan fingerprint density at radius 2 is 2.54 bits per heavy atom. The molecule has 1 unspecified atom stereocenters. The number of hydrogen-bond donors (Lipinski definition) is 2. The number of aliphatic hydroxyl groups is 1. The van der Waals surface area contributed by atoms with Gasteiger partial charge in [-0.1, -0.05) is 11.6 Å². The lowest BCUT2D eigenvalue weighted by atomic mass is 10.0. The summed E-state index contributed by atoms with van der Waals surface area (Å²) in [6.07, 6.45) is 0.712. The summed E-state index contributed by atoms with van der Waals surface area (Å²) in [5, 5.41) is 13.0. The maximum absolute atomic E-state index is 9.84. The Balaban J connectivity index is 2.18. The molecule has 0 bridgehead atoms. The Labute approximate surface area is 83.7 Å². The Morgan fingerprint density at radius 1 is 1.77 bits per heavy atom. The summed E-state index contributed by atoms with van der Waals surface area (Å²) in [5.74, 6) is 0. The molecule has 76 valence electrons. The van der Waals surface area contributed by atoms with Crippen LogP contribution in [0.4, 0.5) is 0 Å². The first-order chi connectivity index (χ1) is 6.16. The molecule has 1 aliphatic rings. The van der Waals surface area contributed by atoms with Crippen molar-refractivity contribution in [1.82, 2.24) is 5.32 Å². The predicted molar refractivity (Wildman–Crippen MR) is 52.9 cm³/mol. The zero-order valence-electron chi connectivity index (χ0n) is 7.85. The van der Waals surface area contributed by atoms with Crippen LogP contribution in [0, 0.1) is 0 Å². The van der Waals surface area contributed by atoms with Crippen molar-refractivity contribution in [2.24, 2.45) is 0 Å². The molecule has 2 N–H and O–H groups in total. The van der Waals surface area contributed by atoms with Gasteiger partial charge in [-0.3, -0.25) is 0 Å². The van der Waals surface area contributed by atoms with Crippen molar-refractivity contribution in [1.29, 1.82) is 0 Å². The molecule has 0 spiro atoms. The van der Waals surface area contributed by atoms with E-state index in [-0.39, 0.29) is 0 Å². The molecule has 0 aliphatic carbocycles. The molecule has 1 rings (SSSR count). The highest BCUT2D eigenvalue weighted by Gasteiger charge is 2.31. The van der Waals surface area contributed by atoms with E-state index in [0.29, 0.717) is 32.7 Å². The normalized spacial score (nSPS) is 29.6.